The third kappa shape index (κ3) is 5.37. The zero-order chi connectivity index (χ0) is 16.2. The Bertz CT molecular complexity index is 488. The molecule has 0 saturated carbocycles. The number of hydrogen-bond donors (Lipinski definition) is 2. The summed E-state index contributed by atoms with van der Waals surface area (Å²) in [6.07, 6.45) is 2.00. The molecule has 3 N–H and O–H groups in total. The van der Waals surface area contributed by atoms with Gasteiger partial charge in [-0.1, -0.05) is 27.7 Å². The van der Waals surface area contributed by atoms with E-state index in [1.807, 2.05) is 0 Å². The summed E-state index contributed by atoms with van der Waals surface area (Å²) >= 11 is 0. The average molecular weight is 294 g/mol. The summed E-state index contributed by atoms with van der Waals surface area (Å²) < 4.78 is 13.9. The molecular weight excluding hydrogens is 267 g/mol. The Morgan fingerprint density at radius 1 is 1.19 bits per heavy atom. The second kappa shape index (κ2) is 7.43. The molecule has 0 heterocycles. The fourth-order valence-electron chi connectivity index (χ4n) is 2.54. The second-order valence-electron chi connectivity index (χ2n) is 6.60. The van der Waals surface area contributed by atoms with Crippen LogP contribution in [0.25, 0.3) is 0 Å². The highest BCUT2D eigenvalue weighted by Crippen LogP contribution is 2.24. The molecule has 0 aliphatic rings. The van der Waals surface area contributed by atoms with Gasteiger partial charge in [-0.15, -0.1) is 0 Å². The first kappa shape index (κ1) is 17.5. The molecule has 0 radical (unpaired) electrons. The van der Waals surface area contributed by atoms with Crippen LogP contribution in [0.5, 0.6) is 0 Å². The van der Waals surface area contributed by atoms with Gasteiger partial charge in [-0.05, 0) is 43.7 Å². The van der Waals surface area contributed by atoms with Crippen molar-refractivity contribution >= 4 is 11.6 Å². The molecular formula is C17H27FN2O. The van der Waals surface area contributed by atoms with Crippen LogP contribution >= 0.6 is 0 Å². The van der Waals surface area contributed by atoms with Crippen LogP contribution in [0.2, 0.25) is 0 Å². The zero-order valence-electron chi connectivity index (χ0n) is 13.7. The van der Waals surface area contributed by atoms with Gasteiger partial charge in [0.15, 0.2) is 0 Å². The highest BCUT2D eigenvalue weighted by atomic mass is 19.1. The van der Waals surface area contributed by atoms with Crippen molar-refractivity contribution in [3.05, 3.63) is 29.1 Å². The van der Waals surface area contributed by atoms with Gasteiger partial charge in [0, 0.05) is 22.9 Å². The van der Waals surface area contributed by atoms with Crippen LogP contribution in [0.15, 0.2) is 12.1 Å². The summed E-state index contributed by atoms with van der Waals surface area (Å²) in [5.41, 5.74) is 6.65. The highest BCUT2D eigenvalue weighted by Gasteiger charge is 2.16. The molecule has 0 aliphatic heterocycles. The van der Waals surface area contributed by atoms with Gasteiger partial charge in [-0.2, -0.15) is 0 Å². The van der Waals surface area contributed by atoms with E-state index in [4.69, 9.17) is 5.73 Å². The molecule has 1 rings (SSSR count). The fraction of sp³-hybridized carbons (Fsp3) is 0.588. The van der Waals surface area contributed by atoms with E-state index in [1.54, 1.807) is 13.0 Å². The minimum Gasteiger partial charge on any atom is -0.382 e. The Morgan fingerprint density at radius 3 is 2.14 bits per heavy atom. The number of nitrogens with two attached hydrogens (primary N) is 1. The molecule has 0 unspecified atom stereocenters. The Morgan fingerprint density at radius 2 is 1.71 bits per heavy atom. The summed E-state index contributed by atoms with van der Waals surface area (Å²) in [5.74, 6) is 0.0827. The molecule has 0 aromatic heterocycles. The summed E-state index contributed by atoms with van der Waals surface area (Å²) in [6, 6.07) is 3.10. The quantitative estimate of drug-likeness (QED) is 0.795. The molecule has 0 spiro atoms. The van der Waals surface area contributed by atoms with E-state index in [0.717, 1.165) is 12.8 Å². The van der Waals surface area contributed by atoms with Crippen LogP contribution in [0.3, 0.4) is 0 Å². The molecule has 1 amide bonds. The van der Waals surface area contributed by atoms with Crippen LogP contribution in [-0.4, -0.2) is 11.9 Å². The van der Waals surface area contributed by atoms with Crippen molar-refractivity contribution in [3.63, 3.8) is 0 Å². The lowest BCUT2D eigenvalue weighted by Crippen LogP contribution is -2.24. The van der Waals surface area contributed by atoms with E-state index in [0.29, 0.717) is 23.1 Å². The van der Waals surface area contributed by atoms with Crippen LogP contribution in [0.4, 0.5) is 10.1 Å². The monoisotopic (exact) mass is 294 g/mol. The molecule has 0 bridgehead atoms. The maximum atomic E-state index is 13.9. The standard InChI is InChI=1S/C17H27FN2O/c1-10(2)6-14(7-11(3)4)20-16-9-13(17(19)21)8-15(18)12(16)5/h8-11,14,20H,6-7H2,1-5H3,(H2,19,21). The largest absolute Gasteiger partial charge is 0.382 e. The van der Waals surface area contributed by atoms with Gasteiger partial charge in [0.05, 0.1) is 0 Å². The van der Waals surface area contributed by atoms with Crippen molar-refractivity contribution in [3.8, 4) is 0 Å². The van der Waals surface area contributed by atoms with E-state index in [-0.39, 0.29) is 11.6 Å². The van der Waals surface area contributed by atoms with E-state index in [1.165, 1.54) is 6.07 Å². The summed E-state index contributed by atoms with van der Waals surface area (Å²) in [4.78, 5) is 11.3. The zero-order valence-corrected chi connectivity index (χ0v) is 13.7. The van der Waals surface area contributed by atoms with E-state index in [2.05, 4.69) is 33.0 Å². The van der Waals surface area contributed by atoms with Gasteiger partial charge >= 0.3 is 0 Å². The summed E-state index contributed by atoms with van der Waals surface area (Å²) in [6.45, 7) is 10.4. The van der Waals surface area contributed by atoms with Crippen LogP contribution in [0.1, 0.15) is 56.5 Å². The fourth-order valence-corrected chi connectivity index (χ4v) is 2.54. The van der Waals surface area contributed by atoms with Gasteiger partial charge in [-0.3, -0.25) is 4.79 Å². The summed E-state index contributed by atoms with van der Waals surface area (Å²) in [7, 11) is 0. The lowest BCUT2D eigenvalue weighted by Gasteiger charge is -2.25. The van der Waals surface area contributed by atoms with Crippen LogP contribution in [0, 0.1) is 24.6 Å². The van der Waals surface area contributed by atoms with E-state index >= 15 is 0 Å². The Hall–Kier alpha value is -1.58. The third-order valence-corrected chi connectivity index (χ3v) is 3.50. The first-order chi connectivity index (χ1) is 9.70. The Balaban J connectivity index is 3.04. The molecule has 0 aliphatic carbocycles. The normalized spacial score (nSPS) is 11.5. The maximum absolute atomic E-state index is 13.9. The van der Waals surface area contributed by atoms with Crippen molar-refractivity contribution < 1.29 is 9.18 Å². The molecule has 118 valence electrons. The summed E-state index contributed by atoms with van der Waals surface area (Å²) in [5, 5.41) is 3.40. The number of amides is 1. The van der Waals surface area contributed by atoms with Gasteiger partial charge in [-0.25, -0.2) is 4.39 Å². The number of halogens is 1. The van der Waals surface area contributed by atoms with Crippen molar-refractivity contribution in [2.75, 3.05) is 5.32 Å². The molecule has 0 saturated heterocycles. The average Bonchev–Trinajstić information content (AvgIpc) is 2.32. The minimum atomic E-state index is -0.610. The number of primary amides is 1. The molecule has 0 atom stereocenters. The lowest BCUT2D eigenvalue weighted by molar-refractivity contribution is 0.1000. The molecule has 0 fully saturated rings. The number of carbonyl (C=O) groups excluding carboxylic acids is 1. The first-order valence-corrected chi connectivity index (χ1v) is 7.57. The van der Waals surface area contributed by atoms with E-state index in [9.17, 15) is 9.18 Å². The molecule has 1 aromatic carbocycles. The molecule has 4 heteroatoms. The number of nitrogens with one attached hydrogen (secondary N) is 1. The predicted molar refractivity (Wildman–Crippen MR) is 86.0 cm³/mol. The van der Waals surface area contributed by atoms with Crippen molar-refractivity contribution in [2.45, 2.75) is 53.5 Å². The maximum Gasteiger partial charge on any atom is 0.248 e. The van der Waals surface area contributed by atoms with Gasteiger partial charge in [0.1, 0.15) is 5.82 Å². The topological polar surface area (TPSA) is 55.1 Å². The van der Waals surface area contributed by atoms with Gasteiger partial charge in [0.2, 0.25) is 5.91 Å². The first-order valence-electron chi connectivity index (χ1n) is 7.57. The number of carbonyl (C=O) groups is 1. The number of rotatable bonds is 7. The van der Waals surface area contributed by atoms with Crippen LogP contribution in [-0.2, 0) is 0 Å². The van der Waals surface area contributed by atoms with Crippen molar-refractivity contribution in [1.82, 2.24) is 0 Å². The SMILES string of the molecule is Cc1c(F)cc(C(N)=O)cc1NC(CC(C)C)CC(C)C. The Kier molecular flexibility index (Phi) is 6.19. The van der Waals surface area contributed by atoms with Gasteiger partial charge < -0.3 is 11.1 Å². The molecule has 1 aromatic rings. The van der Waals surface area contributed by atoms with Crippen LogP contribution < -0.4 is 11.1 Å². The van der Waals surface area contributed by atoms with Gasteiger partial charge in [0.25, 0.3) is 0 Å². The van der Waals surface area contributed by atoms with E-state index < -0.39 is 11.7 Å². The number of anilines is 1. The number of hydrogen-bond acceptors (Lipinski definition) is 2. The molecule has 21 heavy (non-hydrogen) atoms. The minimum absolute atomic E-state index is 0.202. The number of benzene rings is 1. The smallest absolute Gasteiger partial charge is 0.248 e. The lowest BCUT2D eigenvalue weighted by atomic mass is 9.95. The second-order valence-corrected chi connectivity index (χ2v) is 6.60. The Labute approximate surface area is 127 Å². The third-order valence-electron chi connectivity index (χ3n) is 3.50. The molecule has 3 nitrogen and oxygen atoms in total. The predicted octanol–water partition coefficient (Wildman–Crippen LogP) is 4.11. The van der Waals surface area contributed by atoms with Crippen molar-refractivity contribution in [1.29, 1.82) is 0 Å². The highest BCUT2D eigenvalue weighted by molar-refractivity contribution is 5.94. The van der Waals surface area contributed by atoms with Crippen molar-refractivity contribution in [2.24, 2.45) is 17.6 Å².